The number of hydrogen-bond donors (Lipinski definition) is 2. The van der Waals surface area contributed by atoms with Crippen molar-refractivity contribution in [2.75, 3.05) is 6.54 Å². The normalized spacial score (nSPS) is 31.2. The van der Waals surface area contributed by atoms with Crippen molar-refractivity contribution < 1.29 is 5.11 Å². The van der Waals surface area contributed by atoms with Crippen LogP contribution in [0.4, 0.5) is 0 Å². The highest BCUT2D eigenvalue weighted by Crippen LogP contribution is 2.38. The van der Waals surface area contributed by atoms with Crippen LogP contribution in [0.5, 0.6) is 0 Å². The van der Waals surface area contributed by atoms with E-state index in [0.717, 1.165) is 18.4 Å². The molecule has 0 radical (unpaired) electrons. The van der Waals surface area contributed by atoms with Crippen LogP contribution in [0.15, 0.2) is 18.5 Å². The van der Waals surface area contributed by atoms with Gasteiger partial charge in [0.2, 0.25) is 0 Å². The fourth-order valence-corrected chi connectivity index (χ4v) is 2.22. The number of nitrogens with two attached hydrogens (primary N) is 1. The summed E-state index contributed by atoms with van der Waals surface area (Å²) < 4.78 is 0. The third-order valence-corrected chi connectivity index (χ3v) is 3.35. The van der Waals surface area contributed by atoms with Gasteiger partial charge in [0.25, 0.3) is 0 Å². The van der Waals surface area contributed by atoms with Crippen LogP contribution in [0.3, 0.4) is 0 Å². The van der Waals surface area contributed by atoms with Crippen LogP contribution >= 0.6 is 0 Å². The fourth-order valence-electron chi connectivity index (χ4n) is 2.22. The maximum absolute atomic E-state index is 10.4. The first-order chi connectivity index (χ1) is 6.68. The molecular weight excluding hydrogens is 176 g/mol. The summed E-state index contributed by atoms with van der Waals surface area (Å²) >= 11 is 0. The second kappa shape index (κ2) is 3.33. The van der Waals surface area contributed by atoms with Crippen molar-refractivity contribution in [3.63, 3.8) is 0 Å². The van der Waals surface area contributed by atoms with Gasteiger partial charge in [-0.15, -0.1) is 0 Å². The molecule has 2 unspecified atom stereocenters. The van der Waals surface area contributed by atoms with Gasteiger partial charge in [0, 0.05) is 24.5 Å². The van der Waals surface area contributed by atoms with Crippen molar-refractivity contribution in [2.24, 2.45) is 11.7 Å². The van der Waals surface area contributed by atoms with Gasteiger partial charge in [-0.2, -0.15) is 0 Å². The van der Waals surface area contributed by atoms with E-state index in [0.29, 0.717) is 0 Å². The second-order valence-electron chi connectivity index (χ2n) is 4.10. The molecule has 0 spiro atoms. The maximum Gasteiger partial charge on any atom is 0.106 e. The molecule has 0 saturated heterocycles. The summed E-state index contributed by atoms with van der Waals surface area (Å²) in [6.45, 7) is 2.32. The van der Waals surface area contributed by atoms with E-state index in [-0.39, 0.29) is 12.5 Å². The van der Waals surface area contributed by atoms with Gasteiger partial charge in [-0.3, -0.25) is 4.98 Å². The minimum absolute atomic E-state index is 0.212. The summed E-state index contributed by atoms with van der Waals surface area (Å²) in [5.74, 6) is 0.212. The first-order valence-electron chi connectivity index (χ1n) is 5.04. The molecular formula is C11H16N2O. The van der Waals surface area contributed by atoms with Crippen LogP contribution < -0.4 is 5.73 Å². The summed E-state index contributed by atoms with van der Waals surface area (Å²) in [6.07, 6.45) is 5.52. The van der Waals surface area contributed by atoms with Gasteiger partial charge >= 0.3 is 0 Å². The molecule has 14 heavy (non-hydrogen) atoms. The molecule has 3 nitrogen and oxygen atoms in total. The Morgan fingerprint density at radius 1 is 1.71 bits per heavy atom. The van der Waals surface area contributed by atoms with Gasteiger partial charge < -0.3 is 10.8 Å². The lowest BCUT2D eigenvalue weighted by Crippen LogP contribution is -2.44. The Morgan fingerprint density at radius 3 is 3.21 bits per heavy atom. The Morgan fingerprint density at radius 2 is 2.50 bits per heavy atom. The first-order valence-corrected chi connectivity index (χ1v) is 5.04. The van der Waals surface area contributed by atoms with Crippen molar-refractivity contribution in [1.82, 2.24) is 4.98 Å². The zero-order valence-corrected chi connectivity index (χ0v) is 8.40. The molecule has 76 valence electrons. The largest absolute Gasteiger partial charge is 0.383 e. The number of pyridine rings is 1. The number of nitrogens with zero attached hydrogens (tertiary/aromatic N) is 1. The quantitative estimate of drug-likeness (QED) is 0.692. The maximum atomic E-state index is 10.4. The minimum Gasteiger partial charge on any atom is -0.383 e. The summed E-state index contributed by atoms with van der Waals surface area (Å²) in [6, 6.07) is 1.97. The predicted molar refractivity (Wildman–Crippen MR) is 54.7 cm³/mol. The molecule has 1 aliphatic carbocycles. The van der Waals surface area contributed by atoms with E-state index in [1.807, 2.05) is 13.0 Å². The first kappa shape index (κ1) is 9.62. The van der Waals surface area contributed by atoms with Crippen LogP contribution in [-0.4, -0.2) is 16.6 Å². The third-order valence-electron chi connectivity index (χ3n) is 3.35. The fraction of sp³-hybridized carbons (Fsp3) is 0.545. The Labute approximate surface area is 84.0 Å². The Balaban J connectivity index is 2.52. The van der Waals surface area contributed by atoms with E-state index in [1.54, 1.807) is 12.4 Å². The lowest BCUT2D eigenvalue weighted by atomic mass is 9.73. The molecule has 1 aromatic rings. The molecule has 2 atom stereocenters. The summed E-state index contributed by atoms with van der Waals surface area (Å²) in [7, 11) is 0. The van der Waals surface area contributed by atoms with Crippen LogP contribution in [0, 0.1) is 5.92 Å². The summed E-state index contributed by atoms with van der Waals surface area (Å²) in [4.78, 5) is 4.06. The number of hydrogen-bond acceptors (Lipinski definition) is 3. The van der Waals surface area contributed by atoms with E-state index >= 15 is 0 Å². The average molecular weight is 192 g/mol. The Kier molecular flexibility index (Phi) is 2.29. The van der Waals surface area contributed by atoms with Gasteiger partial charge in [-0.05, 0) is 30.4 Å². The molecule has 1 aromatic heterocycles. The molecule has 0 bridgehead atoms. The Bertz CT molecular complexity index is 340. The van der Waals surface area contributed by atoms with E-state index < -0.39 is 5.60 Å². The highest BCUT2D eigenvalue weighted by molar-refractivity contribution is 5.33. The van der Waals surface area contributed by atoms with E-state index in [2.05, 4.69) is 4.98 Å². The van der Waals surface area contributed by atoms with Crippen molar-refractivity contribution in [1.29, 1.82) is 0 Å². The molecule has 0 aromatic carbocycles. The van der Waals surface area contributed by atoms with E-state index in [4.69, 9.17) is 5.73 Å². The van der Waals surface area contributed by atoms with Gasteiger partial charge in [0.05, 0.1) is 0 Å². The number of aliphatic hydroxyl groups is 1. The lowest BCUT2D eigenvalue weighted by Gasteiger charge is -2.38. The summed E-state index contributed by atoms with van der Waals surface area (Å²) in [5, 5.41) is 10.4. The van der Waals surface area contributed by atoms with Gasteiger partial charge in [0.15, 0.2) is 0 Å². The van der Waals surface area contributed by atoms with Crippen LogP contribution in [-0.2, 0) is 12.0 Å². The number of aryl methyl sites for hydroxylation is 1. The van der Waals surface area contributed by atoms with Crippen LogP contribution in [0.1, 0.15) is 24.5 Å². The topological polar surface area (TPSA) is 59.1 Å². The predicted octanol–water partition coefficient (Wildman–Crippen LogP) is 0.810. The minimum atomic E-state index is -0.873. The van der Waals surface area contributed by atoms with Crippen LogP contribution in [0.25, 0.3) is 0 Å². The Hall–Kier alpha value is -0.930. The van der Waals surface area contributed by atoms with Crippen molar-refractivity contribution in [2.45, 2.75) is 25.4 Å². The van der Waals surface area contributed by atoms with E-state index in [1.165, 1.54) is 5.56 Å². The molecule has 1 aliphatic rings. The third kappa shape index (κ3) is 1.24. The highest BCUT2D eigenvalue weighted by atomic mass is 16.3. The van der Waals surface area contributed by atoms with Gasteiger partial charge in [-0.1, -0.05) is 6.92 Å². The van der Waals surface area contributed by atoms with Gasteiger partial charge in [0.1, 0.15) is 5.60 Å². The van der Waals surface area contributed by atoms with E-state index in [9.17, 15) is 5.11 Å². The molecule has 2 rings (SSSR count). The lowest BCUT2D eigenvalue weighted by molar-refractivity contribution is -0.0193. The molecule has 0 amide bonds. The zero-order chi connectivity index (χ0) is 10.2. The number of aromatic nitrogens is 1. The average Bonchev–Trinajstić information content (AvgIpc) is 2.24. The summed E-state index contributed by atoms with van der Waals surface area (Å²) in [5.41, 5.74) is 6.90. The van der Waals surface area contributed by atoms with Crippen molar-refractivity contribution in [3.8, 4) is 0 Å². The SMILES string of the molecule is CC1CCc2ccncc2C1(O)CN. The van der Waals surface area contributed by atoms with Gasteiger partial charge in [-0.25, -0.2) is 0 Å². The number of fused-ring (bicyclic) bond motifs is 1. The molecule has 0 saturated carbocycles. The highest BCUT2D eigenvalue weighted by Gasteiger charge is 2.39. The smallest absolute Gasteiger partial charge is 0.106 e. The second-order valence-corrected chi connectivity index (χ2v) is 4.10. The number of rotatable bonds is 1. The molecule has 0 fully saturated rings. The molecule has 1 heterocycles. The van der Waals surface area contributed by atoms with Crippen LogP contribution in [0.2, 0.25) is 0 Å². The monoisotopic (exact) mass is 192 g/mol. The molecule has 3 heteroatoms. The van der Waals surface area contributed by atoms with Crippen molar-refractivity contribution in [3.05, 3.63) is 29.6 Å². The zero-order valence-electron chi connectivity index (χ0n) is 8.40. The molecule has 3 N–H and O–H groups in total. The molecule has 0 aliphatic heterocycles. The standard InChI is InChI=1S/C11H16N2O/c1-8-2-3-9-4-5-13-6-10(9)11(8,14)7-12/h4-6,8,14H,2-3,7,12H2,1H3. The van der Waals surface area contributed by atoms with Crippen molar-refractivity contribution >= 4 is 0 Å².